The fraction of sp³-hybridized carbons (Fsp3) is 0.533. The van der Waals surface area contributed by atoms with Gasteiger partial charge < -0.3 is 5.32 Å². The molecule has 0 unspecified atom stereocenters. The Balaban J connectivity index is 2.60. The minimum Gasteiger partial charge on any atom is -0.352 e. The average molecular weight is 322 g/mol. The molecule has 1 aromatic carbocycles. The molecule has 0 saturated carbocycles. The summed E-state index contributed by atoms with van der Waals surface area (Å²) in [7, 11) is 0. The first kappa shape index (κ1) is 17.8. The van der Waals surface area contributed by atoms with Gasteiger partial charge in [-0.25, -0.2) is 0 Å². The highest BCUT2D eigenvalue weighted by Gasteiger charge is 2.30. The molecule has 0 atom stereocenters. The van der Waals surface area contributed by atoms with Crippen molar-refractivity contribution in [3.63, 3.8) is 0 Å². The van der Waals surface area contributed by atoms with Gasteiger partial charge in [0.2, 0.25) is 0 Å². The van der Waals surface area contributed by atoms with Crippen LogP contribution in [0.2, 0.25) is 0 Å². The minimum atomic E-state index is -4.39. The monoisotopic (exact) mass is 321 g/mol. The number of alkyl halides is 4. The molecule has 0 heterocycles. The van der Waals surface area contributed by atoms with E-state index in [0.717, 1.165) is 25.0 Å². The molecule has 0 aliphatic heterocycles. The van der Waals surface area contributed by atoms with Crippen LogP contribution in [-0.4, -0.2) is 18.3 Å². The molecule has 2 nitrogen and oxygen atoms in total. The number of halogens is 4. The largest absolute Gasteiger partial charge is 0.416 e. The maximum absolute atomic E-state index is 12.4. The van der Waals surface area contributed by atoms with Crippen molar-refractivity contribution < 1.29 is 18.0 Å². The summed E-state index contributed by atoms with van der Waals surface area (Å²) in [5, 5.41) is 2.74. The molecule has 6 heteroatoms. The maximum atomic E-state index is 12.4. The molecule has 0 aliphatic carbocycles. The standard InChI is InChI=1S/C15H19ClF3NO/c1-14(2,8-3-9-16)10-20-13(21)11-4-6-12(7-5-11)15(17,18)19/h4-7H,3,8-10H2,1-2H3,(H,20,21). The highest BCUT2D eigenvalue weighted by molar-refractivity contribution is 6.17. The van der Waals surface area contributed by atoms with E-state index in [9.17, 15) is 18.0 Å². The second-order valence-electron chi connectivity index (χ2n) is 5.71. The Kier molecular flexibility index (Phi) is 6.08. The lowest BCUT2D eigenvalue weighted by Crippen LogP contribution is -2.34. The fourth-order valence-electron chi connectivity index (χ4n) is 1.87. The zero-order valence-corrected chi connectivity index (χ0v) is 12.8. The van der Waals surface area contributed by atoms with Crippen LogP contribution in [0.3, 0.4) is 0 Å². The van der Waals surface area contributed by atoms with Gasteiger partial charge in [-0.3, -0.25) is 4.79 Å². The highest BCUT2D eigenvalue weighted by Crippen LogP contribution is 2.29. The molecule has 1 aromatic rings. The van der Waals surface area contributed by atoms with Crippen LogP contribution in [0.5, 0.6) is 0 Å². The first-order valence-electron chi connectivity index (χ1n) is 6.67. The Morgan fingerprint density at radius 1 is 1.19 bits per heavy atom. The molecule has 1 rings (SSSR count). The minimum absolute atomic E-state index is 0.101. The van der Waals surface area contributed by atoms with Crippen molar-refractivity contribution in [3.05, 3.63) is 35.4 Å². The van der Waals surface area contributed by atoms with Crippen molar-refractivity contribution >= 4 is 17.5 Å². The predicted molar refractivity (Wildman–Crippen MR) is 77.5 cm³/mol. The normalized spacial score (nSPS) is 12.3. The van der Waals surface area contributed by atoms with Crippen LogP contribution in [0.4, 0.5) is 13.2 Å². The number of rotatable bonds is 6. The third-order valence-electron chi connectivity index (χ3n) is 3.19. The van der Waals surface area contributed by atoms with Crippen molar-refractivity contribution in [1.29, 1.82) is 0 Å². The van der Waals surface area contributed by atoms with E-state index >= 15 is 0 Å². The van der Waals surface area contributed by atoms with Gasteiger partial charge in [0.25, 0.3) is 5.91 Å². The second-order valence-corrected chi connectivity index (χ2v) is 6.09. The second kappa shape index (κ2) is 7.16. The van der Waals surface area contributed by atoms with Gasteiger partial charge in [-0.1, -0.05) is 13.8 Å². The average Bonchev–Trinajstić information content (AvgIpc) is 2.42. The van der Waals surface area contributed by atoms with E-state index in [0.29, 0.717) is 12.4 Å². The van der Waals surface area contributed by atoms with Gasteiger partial charge in [-0.05, 0) is 42.5 Å². The van der Waals surface area contributed by atoms with E-state index in [2.05, 4.69) is 5.32 Å². The Labute approximate surface area is 127 Å². The van der Waals surface area contributed by atoms with Gasteiger partial charge in [-0.2, -0.15) is 13.2 Å². The molecule has 0 bridgehead atoms. The van der Waals surface area contributed by atoms with Gasteiger partial charge in [0.05, 0.1) is 5.56 Å². The van der Waals surface area contributed by atoms with Gasteiger partial charge in [-0.15, -0.1) is 11.6 Å². The molecule has 1 amide bonds. The van der Waals surface area contributed by atoms with Crippen LogP contribution in [0.25, 0.3) is 0 Å². The van der Waals surface area contributed by atoms with Crippen molar-refractivity contribution in [2.24, 2.45) is 5.41 Å². The number of nitrogens with one attached hydrogen (secondary N) is 1. The molecule has 0 aliphatic rings. The smallest absolute Gasteiger partial charge is 0.352 e. The van der Waals surface area contributed by atoms with E-state index in [4.69, 9.17) is 11.6 Å². The topological polar surface area (TPSA) is 29.1 Å². The summed E-state index contributed by atoms with van der Waals surface area (Å²) < 4.78 is 37.3. The zero-order valence-electron chi connectivity index (χ0n) is 12.1. The molecule has 0 spiro atoms. The van der Waals surface area contributed by atoms with Crippen LogP contribution in [0.1, 0.15) is 42.6 Å². The number of amides is 1. The number of benzene rings is 1. The summed E-state index contributed by atoms with van der Waals surface area (Å²) in [6.45, 7) is 4.46. The van der Waals surface area contributed by atoms with E-state index in [1.54, 1.807) is 0 Å². The Hall–Kier alpha value is -1.23. The van der Waals surface area contributed by atoms with Gasteiger partial charge in [0.1, 0.15) is 0 Å². The summed E-state index contributed by atoms with van der Waals surface area (Å²) in [4.78, 5) is 11.9. The van der Waals surface area contributed by atoms with Crippen molar-refractivity contribution in [2.45, 2.75) is 32.9 Å². The summed E-state index contributed by atoms with van der Waals surface area (Å²) in [5.74, 6) is 0.193. The van der Waals surface area contributed by atoms with Crippen molar-refractivity contribution in [2.75, 3.05) is 12.4 Å². The van der Waals surface area contributed by atoms with Crippen LogP contribution >= 0.6 is 11.6 Å². The van der Waals surface area contributed by atoms with Crippen LogP contribution in [-0.2, 0) is 6.18 Å². The molecule has 0 radical (unpaired) electrons. The molecule has 0 saturated heterocycles. The fourth-order valence-corrected chi connectivity index (χ4v) is 2.00. The number of carbonyl (C=O) groups is 1. The summed E-state index contributed by atoms with van der Waals surface area (Å²) >= 11 is 5.64. The first-order valence-corrected chi connectivity index (χ1v) is 7.20. The number of carbonyl (C=O) groups excluding carboxylic acids is 1. The Bertz CT molecular complexity index is 469. The number of hydrogen-bond donors (Lipinski definition) is 1. The Morgan fingerprint density at radius 3 is 2.24 bits per heavy atom. The van der Waals surface area contributed by atoms with Gasteiger partial charge in [0.15, 0.2) is 0 Å². The lowest BCUT2D eigenvalue weighted by Gasteiger charge is -2.24. The third-order valence-corrected chi connectivity index (χ3v) is 3.46. The van der Waals surface area contributed by atoms with Gasteiger partial charge >= 0.3 is 6.18 Å². The SMILES string of the molecule is CC(C)(CCCCl)CNC(=O)c1ccc(C(F)(F)F)cc1. The lowest BCUT2D eigenvalue weighted by molar-refractivity contribution is -0.137. The summed E-state index contributed by atoms with van der Waals surface area (Å²) in [6.07, 6.45) is -2.67. The van der Waals surface area contributed by atoms with Crippen LogP contribution in [0.15, 0.2) is 24.3 Å². The number of hydrogen-bond acceptors (Lipinski definition) is 1. The van der Waals surface area contributed by atoms with Crippen molar-refractivity contribution in [3.8, 4) is 0 Å². The molecular weight excluding hydrogens is 303 g/mol. The first-order chi connectivity index (χ1) is 9.65. The highest BCUT2D eigenvalue weighted by atomic mass is 35.5. The van der Waals surface area contributed by atoms with Crippen LogP contribution in [0, 0.1) is 5.41 Å². The van der Waals surface area contributed by atoms with Crippen LogP contribution < -0.4 is 5.32 Å². The van der Waals surface area contributed by atoms with Crippen molar-refractivity contribution in [1.82, 2.24) is 5.32 Å². The van der Waals surface area contributed by atoms with E-state index in [-0.39, 0.29) is 16.9 Å². The van der Waals surface area contributed by atoms with E-state index in [1.807, 2.05) is 13.8 Å². The maximum Gasteiger partial charge on any atom is 0.416 e. The third kappa shape index (κ3) is 5.96. The Morgan fingerprint density at radius 2 is 1.76 bits per heavy atom. The molecule has 118 valence electrons. The molecular formula is C15H19ClF3NO. The molecule has 0 aromatic heterocycles. The molecule has 1 N–H and O–H groups in total. The summed E-state index contributed by atoms with van der Waals surface area (Å²) in [6, 6.07) is 4.19. The molecule has 0 fully saturated rings. The van der Waals surface area contributed by atoms with Gasteiger partial charge in [0, 0.05) is 18.0 Å². The summed E-state index contributed by atoms with van der Waals surface area (Å²) in [5.41, 5.74) is -0.645. The van der Waals surface area contributed by atoms with E-state index < -0.39 is 11.7 Å². The molecule has 21 heavy (non-hydrogen) atoms. The lowest BCUT2D eigenvalue weighted by atomic mass is 9.88. The van der Waals surface area contributed by atoms with E-state index in [1.165, 1.54) is 12.1 Å². The zero-order chi connectivity index (χ0) is 16.1. The predicted octanol–water partition coefficient (Wildman–Crippen LogP) is 4.48. The quantitative estimate of drug-likeness (QED) is 0.769.